The third-order valence-electron chi connectivity index (χ3n) is 3.49. The number of aromatic nitrogens is 3. The van der Waals surface area contributed by atoms with Gasteiger partial charge in [0.05, 0.1) is 0 Å². The van der Waals surface area contributed by atoms with Crippen LogP contribution in [0.4, 0.5) is 0 Å². The highest BCUT2D eigenvalue weighted by molar-refractivity contribution is 7.71. The molecule has 0 spiro atoms. The zero-order valence-electron chi connectivity index (χ0n) is 9.49. The molecule has 1 unspecified atom stereocenters. The Balaban J connectivity index is 2.24. The molecule has 1 N–H and O–H groups in total. The van der Waals surface area contributed by atoms with Crippen LogP contribution in [-0.4, -0.2) is 14.8 Å². The van der Waals surface area contributed by atoms with E-state index in [1.165, 1.54) is 19.3 Å². The van der Waals surface area contributed by atoms with Crippen molar-refractivity contribution in [1.82, 2.24) is 14.8 Å². The summed E-state index contributed by atoms with van der Waals surface area (Å²) in [6.45, 7) is 4.45. The normalized spacial score (nSPS) is 18.8. The smallest absolute Gasteiger partial charge is 0.195 e. The summed E-state index contributed by atoms with van der Waals surface area (Å²) < 4.78 is 3.01. The molecule has 2 rings (SSSR count). The van der Waals surface area contributed by atoms with Crippen molar-refractivity contribution in [2.24, 2.45) is 5.92 Å². The number of rotatable bonds is 4. The molecule has 1 saturated carbocycles. The zero-order chi connectivity index (χ0) is 10.8. The van der Waals surface area contributed by atoms with Gasteiger partial charge >= 0.3 is 0 Å². The molecule has 0 aromatic carbocycles. The second-order valence-electron chi connectivity index (χ2n) is 4.50. The Morgan fingerprint density at radius 1 is 1.60 bits per heavy atom. The van der Waals surface area contributed by atoms with Crippen LogP contribution in [0.25, 0.3) is 0 Å². The van der Waals surface area contributed by atoms with E-state index in [0.717, 1.165) is 29.4 Å². The van der Waals surface area contributed by atoms with E-state index >= 15 is 0 Å². The molecule has 15 heavy (non-hydrogen) atoms. The van der Waals surface area contributed by atoms with Gasteiger partial charge in [-0.1, -0.05) is 13.3 Å². The molecule has 1 aromatic rings. The number of aromatic amines is 1. The van der Waals surface area contributed by atoms with Gasteiger partial charge in [-0.05, 0) is 44.3 Å². The molecule has 0 aliphatic heterocycles. The second kappa shape index (κ2) is 4.47. The average molecular weight is 225 g/mol. The first-order chi connectivity index (χ1) is 7.24. The maximum atomic E-state index is 5.30. The lowest BCUT2D eigenvalue weighted by molar-refractivity contribution is 0.217. The first-order valence-electron chi connectivity index (χ1n) is 5.89. The predicted octanol–water partition coefficient (Wildman–Crippen LogP) is 3.25. The van der Waals surface area contributed by atoms with Crippen molar-refractivity contribution in [1.29, 1.82) is 0 Å². The molecule has 1 aliphatic carbocycles. The molecular formula is C11H19N3S. The van der Waals surface area contributed by atoms with Crippen LogP contribution in [0.2, 0.25) is 0 Å². The summed E-state index contributed by atoms with van der Waals surface area (Å²) in [5, 5.41) is 7.23. The summed E-state index contributed by atoms with van der Waals surface area (Å²) >= 11 is 5.30. The van der Waals surface area contributed by atoms with E-state index in [1.807, 2.05) is 0 Å². The SMILES string of the molecule is CCCc1n[nH]c(=S)n1C(C)C1CCC1. The van der Waals surface area contributed by atoms with E-state index in [9.17, 15) is 0 Å². The van der Waals surface area contributed by atoms with Crippen LogP contribution in [-0.2, 0) is 6.42 Å². The third-order valence-corrected chi connectivity index (χ3v) is 3.78. The van der Waals surface area contributed by atoms with Crippen LogP contribution >= 0.6 is 12.2 Å². The van der Waals surface area contributed by atoms with Crippen LogP contribution in [0.5, 0.6) is 0 Å². The number of aryl methyl sites for hydroxylation is 1. The third kappa shape index (κ3) is 2.00. The highest BCUT2D eigenvalue weighted by atomic mass is 32.1. The fraction of sp³-hybridized carbons (Fsp3) is 0.818. The van der Waals surface area contributed by atoms with Crippen LogP contribution < -0.4 is 0 Å². The first-order valence-corrected chi connectivity index (χ1v) is 6.30. The number of nitrogens with zero attached hydrogens (tertiary/aromatic N) is 2. The monoisotopic (exact) mass is 225 g/mol. The fourth-order valence-electron chi connectivity index (χ4n) is 2.29. The summed E-state index contributed by atoms with van der Waals surface area (Å²) in [4.78, 5) is 0. The minimum absolute atomic E-state index is 0.520. The highest BCUT2D eigenvalue weighted by Crippen LogP contribution is 2.36. The largest absolute Gasteiger partial charge is 0.301 e. The van der Waals surface area contributed by atoms with Crippen LogP contribution in [0.1, 0.15) is 51.4 Å². The van der Waals surface area contributed by atoms with Crippen molar-refractivity contribution in [2.75, 3.05) is 0 Å². The van der Waals surface area contributed by atoms with E-state index in [1.54, 1.807) is 0 Å². The Bertz CT molecular complexity index is 375. The summed E-state index contributed by atoms with van der Waals surface area (Å²) in [6.07, 6.45) is 6.21. The molecule has 1 heterocycles. The van der Waals surface area contributed by atoms with E-state index in [0.29, 0.717) is 6.04 Å². The summed E-state index contributed by atoms with van der Waals surface area (Å²) in [7, 11) is 0. The van der Waals surface area contributed by atoms with Gasteiger partial charge in [0.25, 0.3) is 0 Å². The topological polar surface area (TPSA) is 33.6 Å². The fourth-order valence-corrected chi connectivity index (χ4v) is 2.61. The quantitative estimate of drug-likeness (QED) is 0.798. The van der Waals surface area contributed by atoms with Gasteiger partial charge in [-0.2, -0.15) is 5.10 Å². The lowest BCUT2D eigenvalue weighted by atomic mass is 9.80. The van der Waals surface area contributed by atoms with Crippen LogP contribution in [0.3, 0.4) is 0 Å². The van der Waals surface area contributed by atoms with Gasteiger partial charge < -0.3 is 4.57 Å². The molecule has 1 atom stereocenters. The summed E-state index contributed by atoms with van der Waals surface area (Å²) in [6, 6.07) is 0.520. The Kier molecular flexibility index (Phi) is 3.24. The Morgan fingerprint density at radius 2 is 2.33 bits per heavy atom. The predicted molar refractivity (Wildman–Crippen MR) is 63.5 cm³/mol. The lowest BCUT2D eigenvalue weighted by Crippen LogP contribution is -2.24. The number of hydrogen-bond donors (Lipinski definition) is 1. The number of nitrogens with one attached hydrogen (secondary N) is 1. The molecule has 4 heteroatoms. The Morgan fingerprint density at radius 3 is 2.87 bits per heavy atom. The molecule has 0 amide bonds. The molecule has 1 fully saturated rings. The number of H-pyrrole nitrogens is 1. The Labute approximate surface area is 95.9 Å². The summed E-state index contributed by atoms with van der Waals surface area (Å²) in [5.41, 5.74) is 0. The van der Waals surface area contributed by atoms with Crippen LogP contribution in [0.15, 0.2) is 0 Å². The molecule has 0 bridgehead atoms. The first kappa shape index (κ1) is 10.9. The van der Waals surface area contributed by atoms with Gasteiger partial charge in [-0.3, -0.25) is 5.10 Å². The van der Waals surface area contributed by atoms with E-state index < -0.39 is 0 Å². The van der Waals surface area contributed by atoms with Crippen molar-refractivity contribution >= 4 is 12.2 Å². The van der Waals surface area contributed by atoms with E-state index in [2.05, 4.69) is 28.6 Å². The average Bonchev–Trinajstić information content (AvgIpc) is 2.45. The van der Waals surface area contributed by atoms with Crippen molar-refractivity contribution < 1.29 is 0 Å². The molecular weight excluding hydrogens is 206 g/mol. The maximum absolute atomic E-state index is 5.30. The zero-order valence-corrected chi connectivity index (χ0v) is 10.3. The highest BCUT2D eigenvalue weighted by Gasteiger charge is 2.26. The standard InChI is InChI=1S/C11H19N3S/c1-3-5-10-12-13-11(15)14(10)8(2)9-6-4-7-9/h8-9H,3-7H2,1-2H3,(H,13,15). The minimum atomic E-state index is 0.520. The van der Waals surface area contributed by atoms with E-state index in [-0.39, 0.29) is 0 Å². The van der Waals surface area contributed by atoms with Crippen molar-refractivity contribution in [3.8, 4) is 0 Å². The van der Waals surface area contributed by atoms with Gasteiger partial charge in [0.15, 0.2) is 4.77 Å². The minimum Gasteiger partial charge on any atom is -0.301 e. The second-order valence-corrected chi connectivity index (χ2v) is 4.88. The van der Waals surface area contributed by atoms with Crippen molar-refractivity contribution in [3.63, 3.8) is 0 Å². The lowest BCUT2D eigenvalue weighted by Gasteiger charge is -2.32. The maximum Gasteiger partial charge on any atom is 0.195 e. The van der Waals surface area contributed by atoms with Gasteiger partial charge in [-0.15, -0.1) is 0 Å². The van der Waals surface area contributed by atoms with Gasteiger partial charge in [0.1, 0.15) is 5.82 Å². The van der Waals surface area contributed by atoms with Crippen molar-refractivity contribution in [2.45, 2.75) is 52.0 Å². The van der Waals surface area contributed by atoms with Crippen LogP contribution in [0, 0.1) is 10.7 Å². The molecule has 1 aliphatic rings. The molecule has 84 valence electrons. The van der Waals surface area contributed by atoms with Gasteiger partial charge in [0, 0.05) is 12.5 Å². The molecule has 0 radical (unpaired) electrons. The van der Waals surface area contributed by atoms with E-state index in [4.69, 9.17) is 12.2 Å². The molecule has 1 aromatic heterocycles. The number of hydrogen-bond acceptors (Lipinski definition) is 2. The van der Waals surface area contributed by atoms with Gasteiger partial charge in [0.2, 0.25) is 0 Å². The molecule has 3 nitrogen and oxygen atoms in total. The van der Waals surface area contributed by atoms with Crippen molar-refractivity contribution in [3.05, 3.63) is 10.6 Å². The molecule has 0 saturated heterocycles. The van der Waals surface area contributed by atoms with Gasteiger partial charge in [-0.25, -0.2) is 0 Å². The summed E-state index contributed by atoms with van der Waals surface area (Å²) in [5.74, 6) is 1.94. The Hall–Kier alpha value is -0.640.